The number of hydrazine groups is 1. The summed E-state index contributed by atoms with van der Waals surface area (Å²) in [6.45, 7) is 17.6. The van der Waals surface area contributed by atoms with E-state index in [-0.39, 0.29) is 12.1 Å². The van der Waals surface area contributed by atoms with Crippen molar-refractivity contribution in [3.63, 3.8) is 0 Å². The Hall–Kier alpha value is -1.63. The molecule has 3 fully saturated rings. The van der Waals surface area contributed by atoms with Crippen molar-refractivity contribution in [1.82, 2.24) is 19.8 Å². The fourth-order valence-corrected chi connectivity index (χ4v) is 8.07. The van der Waals surface area contributed by atoms with Crippen LogP contribution in [0.15, 0.2) is 23.8 Å². The second-order valence-electron chi connectivity index (χ2n) is 15.0. The van der Waals surface area contributed by atoms with Crippen molar-refractivity contribution in [1.29, 1.82) is 0 Å². The van der Waals surface area contributed by atoms with Gasteiger partial charge in [0.25, 0.3) is 0 Å². The molecular weight excluding hydrogens is 656 g/mol. The number of carbonyl (C=O) groups excluding carboxylic acids is 1. The number of hydrogen-bond donors (Lipinski definition) is 8. The molecule has 4 aliphatic rings. The molecule has 0 bridgehead atoms. The van der Waals surface area contributed by atoms with Crippen molar-refractivity contribution in [2.24, 2.45) is 17.6 Å². The Morgan fingerprint density at radius 1 is 1.00 bits per heavy atom. The highest BCUT2D eigenvalue weighted by molar-refractivity contribution is 5.83. The minimum atomic E-state index is -4.73. The maximum Gasteiger partial charge on any atom is 0.352 e. The van der Waals surface area contributed by atoms with E-state index in [0.29, 0.717) is 36.6 Å². The number of primary amides is 1. The largest absolute Gasteiger partial charge is 0.380 e. The molecule has 1 amide bonds. The van der Waals surface area contributed by atoms with Crippen LogP contribution in [0.1, 0.15) is 107 Å². The van der Waals surface area contributed by atoms with Crippen LogP contribution in [0.3, 0.4) is 0 Å². The summed E-state index contributed by atoms with van der Waals surface area (Å²) in [6, 6.07) is 0.669. The van der Waals surface area contributed by atoms with Crippen LogP contribution in [0.5, 0.6) is 0 Å². The van der Waals surface area contributed by atoms with E-state index in [0.717, 1.165) is 32.1 Å². The smallest absolute Gasteiger partial charge is 0.352 e. The SMILES string of the molecule is CC.CC(C)C1N(C(C)CC2CC(C)C(C)N2C(O)(O)CCC2=CC=CCC2)C(C)N(C)N1C.NC(=O)C1(O)CC(O)(O)C(F)(F)C(O)(O)C1. The van der Waals surface area contributed by atoms with Gasteiger partial charge < -0.3 is 41.5 Å². The molecule has 0 aromatic heterocycles. The van der Waals surface area contributed by atoms with E-state index in [4.69, 9.17) is 20.4 Å². The predicted molar refractivity (Wildman–Crippen MR) is 185 cm³/mol. The predicted octanol–water partition coefficient (Wildman–Crippen LogP) is 2.00. The van der Waals surface area contributed by atoms with Crippen LogP contribution in [-0.2, 0) is 4.79 Å². The van der Waals surface area contributed by atoms with Gasteiger partial charge in [0.05, 0.1) is 12.3 Å². The minimum Gasteiger partial charge on any atom is -0.380 e. The Kier molecular flexibility index (Phi) is 14.8. The number of rotatable bonds is 9. The van der Waals surface area contributed by atoms with E-state index in [1.165, 1.54) is 5.57 Å². The molecule has 0 aromatic carbocycles. The van der Waals surface area contributed by atoms with Crippen LogP contribution in [0.4, 0.5) is 8.78 Å². The van der Waals surface area contributed by atoms with Gasteiger partial charge in [-0.05, 0) is 64.7 Å². The monoisotopic (exact) mass is 721 g/mol. The first kappa shape index (κ1) is 44.5. The molecule has 292 valence electrons. The third kappa shape index (κ3) is 9.11. The molecule has 15 heteroatoms. The number of likely N-dealkylation sites (tertiary alicyclic amines) is 1. The molecular formula is C35H65F2N5O8. The van der Waals surface area contributed by atoms with Crippen molar-refractivity contribution >= 4 is 5.91 Å². The molecule has 0 spiro atoms. The number of allylic oxidation sites excluding steroid dienone is 4. The van der Waals surface area contributed by atoms with Gasteiger partial charge in [0.1, 0.15) is 0 Å². The first-order chi connectivity index (χ1) is 22.8. The molecule has 0 radical (unpaired) electrons. The van der Waals surface area contributed by atoms with Crippen molar-refractivity contribution in [3.8, 4) is 0 Å². The summed E-state index contributed by atoms with van der Waals surface area (Å²) in [5.41, 5.74) is 3.14. The van der Waals surface area contributed by atoms with E-state index >= 15 is 0 Å². The minimum absolute atomic E-state index is 0.157. The normalized spacial score (nSPS) is 31.8. The molecule has 2 saturated heterocycles. The quantitative estimate of drug-likeness (QED) is 0.162. The van der Waals surface area contributed by atoms with Gasteiger partial charge in [-0.3, -0.25) is 9.69 Å². The second-order valence-corrected chi connectivity index (χ2v) is 15.0. The maximum atomic E-state index is 13.1. The zero-order valence-electron chi connectivity index (χ0n) is 31.6. The van der Waals surface area contributed by atoms with Gasteiger partial charge in [0.2, 0.25) is 23.4 Å². The van der Waals surface area contributed by atoms with Crippen LogP contribution < -0.4 is 5.73 Å². The summed E-state index contributed by atoms with van der Waals surface area (Å²) in [4.78, 5) is 15.4. The summed E-state index contributed by atoms with van der Waals surface area (Å²) >= 11 is 0. The average Bonchev–Trinajstić information content (AvgIpc) is 3.42. The van der Waals surface area contributed by atoms with E-state index < -0.39 is 47.8 Å². The molecule has 2 aliphatic heterocycles. The fourth-order valence-electron chi connectivity index (χ4n) is 8.07. The molecule has 9 N–H and O–H groups in total. The Morgan fingerprint density at radius 2 is 1.54 bits per heavy atom. The van der Waals surface area contributed by atoms with Crippen LogP contribution in [0, 0.1) is 11.8 Å². The number of alkyl halides is 2. The number of amides is 1. The number of nitrogens with two attached hydrogens (primary N) is 1. The maximum absolute atomic E-state index is 13.1. The number of hydrogen-bond acceptors (Lipinski definition) is 12. The molecule has 1 saturated carbocycles. The lowest BCUT2D eigenvalue weighted by atomic mass is 9.74. The number of nitrogens with zero attached hydrogens (tertiary/aromatic N) is 4. The highest BCUT2D eigenvalue weighted by atomic mass is 19.3. The van der Waals surface area contributed by atoms with Gasteiger partial charge in [-0.15, -0.1) is 0 Å². The van der Waals surface area contributed by atoms with Gasteiger partial charge in [-0.2, -0.15) is 8.78 Å². The molecule has 50 heavy (non-hydrogen) atoms. The summed E-state index contributed by atoms with van der Waals surface area (Å²) in [5.74, 6) is -15.0. The first-order valence-corrected chi connectivity index (χ1v) is 17.9. The first-order valence-electron chi connectivity index (χ1n) is 17.9. The molecule has 6 atom stereocenters. The zero-order chi connectivity index (χ0) is 38.8. The Labute approximate surface area is 296 Å². The van der Waals surface area contributed by atoms with Crippen LogP contribution >= 0.6 is 0 Å². The van der Waals surface area contributed by atoms with Gasteiger partial charge >= 0.3 is 5.92 Å². The van der Waals surface area contributed by atoms with Gasteiger partial charge in [0.15, 0.2) is 5.60 Å². The van der Waals surface area contributed by atoms with Gasteiger partial charge in [-0.25, -0.2) is 14.9 Å². The van der Waals surface area contributed by atoms with E-state index in [2.05, 4.69) is 94.5 Å². The molecule has 13 nitrogen and oxygen atoms in total. The number of aliphatic hydroxyl groups is 7. The molecule has 2 heterocycles. The van der Waals surface area contributed by atoms with Crippen molar-refractivity contribution in [2.75, 3.05) is 14.1 Å². The van der Waals surface area contributed by atoms with E-state index in [9.17, 15) is 28.9 Å². The van der Waals surface area contributed by atoms with Crippen molar-refractivity contribution < 1.29 is 49.3 Å². The average molecular weight is 722 g/mol. The molecule has 4 rings (SSSR count). The lowest BCUT2D eigenvalue weighted by Gasteiger charge is -2.48. The van der Waals surface area contributed by atoms with Gasteiger partial charge in [0, 0.05) is 51.5 Å². The van der Waals surface area contributed by atoms with Crippen LogP contribution in [0.25, 0.3) is 0 Å². The lowest BCUT2D eigenvalue weighted by Crippen LogP contribution is -2.73. The van der Waals surface area contributed by atoms with Crippen molar-refractivity contribution in [3.05, 3.63) is 23.8 Å². The molecule has 2 aliphatic carbocycles. The topological polar surface area (TPSA) is 198 Å². The zero-order valence-corrected chi connectivity index (χ0v) is 31.6. The standard InChI is InChI=1S/C26H48N4O2.C7H11F2NO6.C2H6/c1-18(2)25-28(8)27(7)22(6)29(25)20(4)17-24-16-19(3)21(5)30(24)26(31,32)15-14-23-12-10-9-11-13-23;8-7(9)5(13,14)1-4(12,3(10)11)2-6(7,15)16;1-2/h9-10,12,18-22,24-25,31-32H,11,13-17H2,1-8H3;12-16H,1-2H2,(H2,10,11);1-2H3. The highest BCUT2D eigenvalue weighted by Crippen LogP contribution is 2.49. The van der Waals surface area contributed by atoms with Gasteiger partial charge in [-0.1, -0.05) is 58.4 Å². The second kappa shape index (κ2) is 16.6. The number of halogens is 2. The van der Waals surface area contributed by atoms with Crippen molar-refractivity contribution in [2.45, 2.75) is 166 Å². The van der Waals surface area contributed by atoms with Crippen LogP contribution in [-0.4, -0.2) is 135 Å². The lowest BCUT2D eigenvalue weighted by molar-refractivity contribution is -0.432. The Balaban J connectivity index is 0.000000405. The Bertz CT molecular complexity index is 1180. The van der Waals surface area contributed by atoms with E-state index in [1.54, 1.807) is 0 Å². The van der Waals surface area contributed by atoms with Crippen LogP contribution in [0.2, 0.25) is 0 Å². The number of carbonyl (C=O) groups is 1. The summed E-state index contributed by atoms with van der Waals surface area (Å²) < 4.78 is 26.2. The third-order valence-corrected chi connectivity index (χ3v) is 11.0. The Morgan fingerprint density at radius 3 is 2.00 bits per heavy atom. The van der Waals surface area contributed by atoms with E-state index in [1.807, 2.05) is 18.7 Å². The molecule has 0 aromatic rings. The summed E-state index contributed by atoms with van der Waals surface area (Å²) in [5, 5.41) is 72.4. The third-order valence-electron chi connectivity index (χ3n) is 11.0. The molecule has 6 unspecified atom stereocenters. The highest BCUT2D eigenvalue weighted by Gasteiger charge is 2.73. The summed E-state index contributed by atoms with van der Waals surface area (Å²) in [6.07, 6.45) is 9.20. The fraction of sp³-hybridized carbons (Fsp3) is 0.857. The summed E-state index contributed by atoms with van der Waals surface area (Å²) in [7, 11) is 4.35.